The lowest BCUT2D eigenvalue weighted by Crippen LogP contribution is -3.00. The summed E-state index contributed by atoms with van der Waals surface area (Å²) >= 11 is 0. The first-order valence-electron chi connectivity index (χ1n) is 13.3. The Morgan fingerprint density at radius 3 is 1.46 bits per heavy atom. The molecule has 9 heteroatoms. The van der Waals surface area contributed by atoms with E-state index in [0.29, 0.717) is 51.7 Å². The van der Waals surface area contributed by atoms with Crippen LogP contribution in [-0.4, -0.2) is 76.6 Å². The number of hydrogen-bond acceptors (Lipinski definition) is 5. The summed E-state index contributed by atoms with van der Waals surface area (Å²) in [5.41, 5.74) is 2.81. The Labute approximate surface area is 235 Å². The smallest absolute Gasteiger partial charge is 0.173 e. The number of ether oxygens (including phenoxy) is 3. The van der Waals surface area contributed by atoms with Gasteiger partial charge in [-0.2, -0.15) is 0 Å². The van der Waals surface area contributed by atoms with Gasteiger partial charge in [-0.25, -0.2) is 9.13 Å². The molecule has 2 aliphatic heterocycles. The van der Waals surface area contributed by atoms with Crippen LogP contribution in [-0.2, 0) is 27.3 Å². The summed E-state index contributed by atoms with van der Waals surface area (Å²) in [5, 5.41) is 0. The lowest BCUT2D eigenvalue weighted by Gasteiger charge is -2.18. The second-order valence-electron chi connectivity index (χ2n) is 9.86. The average molecular weight is 556 g/mol. The van der Waals surface area contributed by atoms with Crippen molar-refractivity contribution in [3.63, 3.8) is 0 Å². The number of pyridine rings is 2. The summed E-state index contributed by atoms with van der Waals surface area (Å²) in [4.78, 5) is 4.90. The molecule has 0 N–H and O–H groups in total. The van der Waals surface area contributed by atoms with Crippen LogP contribution in [0.2, 0.25) is 0 Å². The fraction of sp³-hybridized carbons (Fsp3) is 0.643. The zero-order chi connectivity index (χ0) is 24.3. The van der Waals surface area contributed by atoms with Crippen LogP contribution in [0.3, 0.4) is 0 Å². The van der Waals surface area contributed by atoms with Gasteiger partial charge in [-0.15, -0.1) is 0 Å². The molecule has 0 bridgehead atoms. The van der Waals surface area contributed by atoms with Gasteiger partial charge in [0.25, 0.3) is 0 Å². The van der Waals surface area contributed by atoms with Gasteiger partial charge in [0.15, 0.2) is 37.9 Å². The maximum atomic E-state index is 5.77. The monoisotopic (exact) mass is 554 g/mol. The Bertz CT molecular complexity index is 836. The zero-order valence-corrected chi connectivity index (χ0v) is 24.0. The first-order chi connectivity index (χ1) is 17.2. The van der Waals surface area contributed by atoms with Gasteiger partial charge in [-0.3, -0.25) is 9.80 Å². The molecule has 0 radical (unpaired) electrons. The standard InChI is InChI=1S/C28H44N4O3.2ClH/c1-29-11-5-9-27(29)25-7-3-13-31(23-25)15-17-33-19-21-35-22-20-34-18-16-32-14-4-8-26(24-32)28-10-6-12-30(28)2;;/h3-4,7-8,13-14,23-24,27-28H,5-6,9-12,15-22H2,1-2H3;2*1H/q+2;;/p-2/t27-,28-;;/m0../s1. The van der Waals surface area contributed by atoms with Gasteiger partial charge in [0.05, 0.1) is 26.4 Å². The summed E-state index contributed by atoms with van der Waals surface area (Å²) in [5.74, 6) is 0. The highest BCUT2D eigenvalue weighted by atomic mass is 35.5. The first-order valence-corrected chi connectivity index (χ1v) is 13.3. The predicted octanol–water partition coefficient (Wildman–Crippen LogP) is -3.45. The van der Waals surface area contributed by atoms with Crippen LogP contribution in [0.25, 0.3) is 0 Å². The van der Waals surface area contributed by atoms with Crippen LogP contribution >= 0.6 is 0 Å². The van der Waals surface area contributed by atoms with Gasteiger partial charge in [-0.1, -0.05) is 0 Å². The van der Waals surface area contributed by atoms with Gasteiger partial charge in [0, 0.05) is 35.3 Å². The van der Waals surface area contributed by atoms with Crippen molar-refractivity contribution in [2.45, 2.75) is 50.9 Å². The second kappa shape index (κ2) is 17.3. The molecule has 2 fully saturated rings. The molecule has 0 amide bonds. The number of rotatable bonds is 14. The number of likely N-dealkylation sites (tertiary alicyclic amines) is 2. The Morgan fingerprint density at radius 1 is 0.676 bits per heavy atom. The van der Waals surface area contributed by atoms with E-state index in [4.69, 9.17) is 14.2 Å². The quantitative estimate of drug-likeness (QED) is 0.179. The van der Waals surface area contributed by atoms with E-state index in [-0.39, 0.29) is 24.8 Å². The van der Waals surface area contributed by atoms with Crippen LogP contribution in [0.1, 0.15) is 48.9 Å². The van der Waals surface area contributed by atoms with Crippen molar-refractivity contribution in [1.29, 1.82) is 0 Å². The van der Waals surface area contributed by atoms with E-state index < -0.39 is 0 Å². The van der Waals surface area contributed by atoms with Gasteiger partial charge < -0.3 is 39.0 Å². The number of nitrogens with zero attached hydrogens (tertiary/aromatic N) is 4. The third kappa shape index (κ3) is 10.1. The van der Waals surface area contributed by atoms with Gasteiger partial charge in [0.1, 0.15) is 13.2 Å². The van der Waals surface area contributed by atoms with Crippen molar-refractivity contribution in [3.05, 3.63) is 60.2 Å². The molecule has 37 heavy (non-hydrogen) atoms. The topological polar surface area (TPSA) is 41.9 Å². The lowest BCUT2D eigenvalue weighted by atomic mass is 10.1. The minimum atomic E-state index is 0. The second-order valence-corrected chi connectivity index (χ2v) is 9.86. The number of aromatic nitrogens is 2. The fourth-order valence-electron chi connectivity index (χ4n) is 5.30. The van der Waals surface area contributed by atoms with E-state index in [1.54, 1.807) is 0 Å². The Morgan fingerprint density at radius 2 is 1.08 bits per heavy atom. The molecule has 2 saturated heterocycles. The van der Waals surface area contributed by atoms with Gasteiger partial charge in [0.2, 0.25) is 0 Å². The number of halogens is 2. The Balaban J connectivity index is 0.00000241. The van der Waals surface area contributed by atoms with Crippen molar-refractivity contribution in [1.82, 2.24) is 9.80 Å². The Kier molecular flexibility index (Phi) is 14.9. The molecule has 7 nitrogen and oxygen atoms in total. The fourth-order valence-corrected chi connectivity index (χ4v) is 5.30. The molecule has 2 atom stereocenters. The van der Waals surface area contributed by atoms with E-state index in [9.17, 15) is 0 Å². The molecule has 0 aromatic carbocycles. The van der Waals surface area contributed by atoms with Crippen LogP contribution in [0, 0.1) is 0 Å². The predicted molar refractivity (Wildman–Crippen MR) is 135 cm³/mol. The third-order valence-electron chi connectivity index (χ3n) is 7.30. The van der Waals surface area contributed by atoms with Crippen LogP contribution in [0.5, 0.6) is 0 Å². The zero-order valence-electron chi connectivity index (χ0n) is 22.4. The van der Waals surface area contributed by atoms with Crippen molar-refractivity contribution >= 4 is 0 Å². The van der Waals surface area contributed by atoms with Gasteiger partial charge >= 0.3 is 0 Å². The van der Waals surface area contributed by atoms with Crippen molar-refractivity contribution in [3.8, 4) is 0 Å². The molecule has 4 heterocycles. The normalized spacial score (nSPS) is 20.1. The molecule has 208 valence electrons. The average Bonchev–Trinajstić information content (AvgIpc) is 3.50. The SMILES string of the molecule is CN1CCC[C@H]1c1ccc[n+](CCOCCOCCOCC[n+]2cccc([C@@H]3CCCN3C)c2)c1.[Cl-].[Cl-]. The first kappa shape index (κ1) is 31.9. The van der Waals surface area contributed by atoms with Crippen LogP contribution < -0.4 is 33.9 Å². The van der Waals surface area contributed by atoms with Crippen LogP contribution in [0.4, 0.5) is 0 Å². The van der Waals surface area contributed by atoms with Crippen molar-refractivity contribution in [2.24, 2.45) is 0 Å². The molecule has 0 saturated carbocycles. The van der Waals surface area contributed by atoms with E-state index in [1.807, 2.05) is 0 Å². The van der Waals surface area contributed by atoms with Crippen molar-refractivity contribution < 1.29 is 48.2 Å². The number of hydrogen-bond donors (Lipinski definition) is 0. The van der Waals surface area contributed by atoms with Gasteiger partial charge in [-0.05, 0) is 65.0 Å². The van der Waals surface area contributed by atoms with E-state index >= 15 is 0 Å². The molecule has 0 unspecified atom stereocenters. The molecule has 4 rings (SSSR count). The molecular weight excluding hydrogens is 511 g/mol. The highest BCUT2D eigenvalue weighted by molar-refractivity contribution is 5.13. The Hall–Kier alpha value is -1.32. The van der Waals surface area contributed by atoms with Crippen LogP contribution in [0.15, 0.2) is 49.1 Å². The molecule has 2 aromatic rings. The highest BCUT2D eigenvalue weighted by Gasteiger charge is 2.25. The molecule has 0 aliphatic carbocycles. The molecule has 2 aliphatic rings. The minimum Gasteiger partial charge on any atom is -1.00 e. The largest absolute Gasteiger partial charge is 1.00 e. The molecular formula is C28H44Cl2N4O3. The summed E-state index contributed by atoms with van der Waals surface area (Å²) in [6.45, 7) is 7.94. The summed E-state index contributed by atoms with van der Waals surface area (Å²) in [6, 6.07) is 9.89. The summed E-state index contributed by atoms with van der Waals surface area (Å²) in [6.07, 6.45) is 13.9. The van der Waals surface area contributed by atoms with E-state index in [1.165, 1.54) is 49.9 Å². The minimum absolute atomic E-state index is 0. The third-order valence-corrected chi connectivity index (χ3v) is 7.30. The van der Waals surface area contributed by atoms with E-state index in [2.05, 4.69) is 82.1 Å². The maximum Gasteiger partial charge on any atom is 0.173 e. The lowest BCUT2D eigenvalue weighted by molar-refractivity contribution is -0.699. The molecule has 2 aromatic heterocycles. The molecule has 0 spiro atoms. The maximum absolute atomic E-state index is 5.77. The van der Waals surface area contributed by atoms with E-state index in [0.717, 1.165) is 13.1 Å². The van der Waals surface area contributed by atoms with Crippen molar-refractivity contribution in [2.75, 3.05) is 66.8 Å². The highest BCUT2D eigenvalue weighted by Crippen LogP contribution is 2.30. The summed E-state index contributed by atoms with van der Waals surface area (Å²) < 4.78 is 21.7. The summed E-state index contributed by atoms with van der Waals surface area (Å²) in [7, 11) is 4.44.